The van der Waals surface area contributed by atoms with Gasteiger partial charge in [-0.15, -0.1) is 12.6 Å². The summed E-state index contributed by atoms with van der Waals surface area (Å²) < 4.78 is 0. The predicted octanol–water partition coefficient (Wildman–Crippen LogP) is 2.81. The molecule has 0 fully saturated rings. The van der Waals surface area contributed by atoms with Gasteiger partial charge in [0.25, 0.3) is 5.91 Å². The number of aliphatic hydroxyl groups is 1. The normalized spacial score (nSPS) is 13.2. The Morgan fingerprint density at radius 1 is 1.42 bits per heavy atom. The molecule has 0 aliphatic carbocycles. The third-order valence-electron chi connectivity index (χ3n) is 3.23. The zero-order valence-electron chi connectivity index (χ0n) is 12.0. The Labute approximate surface area is 120 Å². The lowest BCUT2D eigenvalue weighted by Gasteiger charge is -2.31. The maximum absolute atomic E-state index is 12.3. The molecule has 1 unspecified atom stereocenters. The largest absolute Gasteiger partial charge is 0.396 e. The minimum Gasteiger partial charge on any atom is -0.396 e. The van der Waals surface area contributed by atoms with Crippen LogP contribution in [0.15, 0.2) is 23.1 Å². The number of aliphatic hydroxyl groups excluding tert-OH is 1. The van der Waals surface area contributed by atoms with Crippen molar-refractivity contribution in [2.45, 2.75) is 45.1 Å². The molecule has 0 aromatic heterocycles. The maximum atomic E-state index is 12.3. The Balaban J connectivity index is 2.91. The fraction of sp³-hybridized carbons (Fsp3) is 0.533. The van der Waals surface area contributed by atoms with Gasteiger partial charge in [0, 0.05) is 23.1 Å². The number of carbonyl (C=O) groups is 1. The first-order chi connectivity index (χ1) is 8.75. The summed E-state index contributed by atoms with van der Waals surface area (Å²) in [5.74, 6) is -0.109. The molecule has 1 rings (SSSR count). The average molecular weight is 281 g/mol. The molecule has 0 saturated carbocycles. The van der Waals surface area contributed by atoms with Crippen molar-refractivity contribution in [1.29, 1.82) is 0 Å². The summed E-state index contributed by atoms with van der Waals surface area (Å²) in [5, 5.41) is 12.1. The second kappa shape index (κ2) is 6.44. The van der Waals surface area contributed by atoms with E-state index in [0.29, 0.717) is 12.0 Å². The van der Waals surface area contributed by atoms with Gasteiger partial charge in [0.2, 0.25) is 0 Å². The van der Waals surface area contributed by atoms with E-state index in [-0.39, 0.29) is 24.0 Å². The molecule has 0 aliphatic rings. The van der Waals surface area contributed by atoms with Crippen LogP contribution in [0.1, 0.15) is 43.1 Å². The van der Waals surface area contributed by atoms with Crippen molar-refractivity contribution in [2.24, 2.45) is 5.41 Å². The summed E-state index contributed by atoms with van der Waals surface area (Å²) in [6, 6.07) is 5.46. The van der Waals surface area contributed by atoms with Crippen LogP contribution in [0, 0.1) is 12.3 Å². The molecule has 3 nitrogen and oxygen atoms in total. The lowest BCUT2D eigenvalue weighted by atomic mass is 9.84. The average Bonchev–Trinajstić information content (AvgIpc) is 2.30. The summed E-state index contributed by atoms with van der Waals surface area (Å²) in [4.78, 5) is 13.1. The lowest BCUT2D eigenvalue weighted by Crippen LogP contribution is -2.44. The van der Waals surface area contributed by atoms with Crippen molar-refractivity contribution in [2.75, 3.05) is 6.61 Å². The van der Waals surface area contributed by atoms with Crippen LogP contribution in [0.5, 0.6) is 0 Å². The first-order valence-corrected chi connectivity index (χ1v) is 6.91. The second-order valence-corrected chi connectivity index (χ2v) is 6.42. The highest BCUT2D eigenvalue weighted by Crippen LogP contribution is 2.22. The Morgan fingerprint density at radius 3 is 2.58 bits per heavy atom. The van der Waals surface area contributed by atoms with Gasteiger partial charge in [-0.3, -0.25) is 4.79 Å². The SMILES string of the molecule is Cc1ccc(S)cc1C(=O)NC(CCO)C(C)(C)C. The summed E-state index contributed by atoms with van der Waals surface area (Å²) in [5.41, 5.74) is 1.47. The molecule has 0 aliphatic heterocycles. The minimum atomic E-state index is -0.109. The summed E-state index contributed by atoms with van der Waals surface area (Å²) in [6.45, 7) is 8.12. The number of amides is 1. The quantitative estimate of drug-likeness (QED) is 0.743. The molecule has 19 heavy (non-hydrogen) atoms. The zero-order valence-corrected chi connectivity index (χ0v) is 12.9. The van der Waals surface area contributed by atoms with Gasteiger partial charge in [-0.2, -0.15) is 0 Å². The molecule has 1 amide bonds. The molecule has 106 valence electrons. The van der Waals surface area contributed by atoms with E-state index in [1.807, 2.05) is 19.1 Å². The Kier molecular flexibility index (Phi) is 5.44. The van der Waals surface area contributed by atoms with E-state index in [2.05, 4.69) is 38.7 Å². The Morgan fingerprint density at radius 2 is 2.05 bits per heavy atom. The van der Waals surface area contributed by atoms with E-state index in [1.165, 1.54) is 0 Å². The van der Waals surface area contributed by atoms with Crippen molar-refractivity contribution in [3.05, 3.63) is 29.3 Å². The highest BCUT2D eigenvalue weighted by atomic mass is 32.1. The van der Waals surface area contributed by atoms with Crippen LogP contribution < -0.4 is 5.32 Å². The zero-order chi connectivity index (χ0) is 14.6. The van der Waals surface area contributed by atoms with Crippen molar-refractivity contribution in [3.63, 3.8) is 0 Å². The van der Waals surface area contributed by atoms with Gasteiger partial charge >= 0.3 is 0 Å². The smallest absolute Gasteiger partial charge is 0.251 e. The molecule has 0 radical (unpaired) electrons. The molecule has 1 atom stereocenters. The van der Waals surface area contributed by atoms with Gasteiger partial charge in [-0.25, -0.2) is 0 Å². The molecule has 0 saturated heterocycles. The highest BCUT2D eigenvalue weighted by molar-refractivity contribution is 7.80. The molecule has 4 heteroatoms. The number of rotatable bonds is 4. The highest BCUT2D eigenvalue weighted by Gasteiger charge is 2.26. The van der Waals surface area contributed by atoms with E-state index in [9.17, 15) is 4.79 Å². The third kappa shape index (κ3) is 4.55. The predicted molar refractivity (Wildman–Crippen MR) is 80.8 cm³/mol. The van der Waals surface area contributed by atoms with Gasteiger partial charge in [0.1, 0.15) is 0 Å². The Hall–Kier alpha value is -1.00. The summed E-state index contributed by atoms with van der Waals surface area (Å²) >= 11 is 4.26. The number of aryl methyl sites for hydroxylation is 1. The minimum absolute atomic E-state index is 0.0621. The fourth-order valence-electron chi connectivity index (χ4n) is 1.94. The molecule has 0 spiro atoms. The molecule has 1 aromatic rings. The first kappa shape index (κ1) is 16.1. The van der Waals surface area contributed by atoms with Crippen LogP contribution >= 0.6 is 12.6 Å². The van der Waals surface area contributed by atoms with Crippen LogP contribution in [0.25, 0.3) is 0 Å². The number of nitrogens with one attached hydrogen (secondary N) is 1. The third-order valence-corrected chi connectivity index (χ3v) is 3.51. The molecular weight excluding hydrogens is 258 g/mol. The van der Waals surface area contributed by atoms with E-state index < -0.39 is 0 Å². The van der Waals surface area contributed by atoms with Crippen LogP contribution in [0.3, 0.4) is 0 Å². The van der Waals surface area contributed by atoms with Gasteiger partial charge < -0.3 is 10.4 Å². The monoisotopic (exact) mass is 281 g/mol. The summed E-state index contributed by atoms with van der Waals surface area (Å²) in [7, 11) is 0. The summed E-state index contributed by atoms with van der Waals surface area (Å²) in [6.07, 6.45) is 0.550. The van der Waals surface area contributed by atoms with E-state index in [0.717, 1.165) is 10.5 Å². The van der Waals surface area contributed by atoms with Crippen molar-refractivity contribution < 1.29 is 9.90 Å². The fourth-order valence-corrected chi connectivity index (χ4v) is 2.15. The number of carbonyl (C=O) groups excluding carboxylic acids is 1. The number of hydrogen-bond acceptors (Lipinski definition) is 3. The van der Waals surface area contributed by atoms with Crippen LogP contribution in [-0.2, 0) is 0 Å². The number of hydrogen-bond donors (Lipinski definition) is 3. The first-order valence-electron chi connectivity index (χ1n) is 6.47. The molecule has 0 bridgehead atoms. The van der Waals surface area contributed by atoms with Crippen LogP contribution in [0.2, 0.25) is 0 Å². The molecule has 2 N–H and O–H groups in total. The van der Waals surface area contributed by atoms with Gasteiger partial charge in [0.05, 0.1) is 0 Å². The lowest BCUT2D eigenvalue weighted by molar-refractivity contribution is 0.0884. The van der Waals surface area contributed by atoms with Crippen molar-refractivity contribution >= 4 is 18.5 Å². The number of benzene rings is 1. The van der Waals surface area contributed by atoms with E-state index in [1.54, 1.807) is 6.07 Å². The van der Waals surface area contributed by atoms with Crippen LogP contribution in [0.4, 0.5) is 0 Å². The molecule has 1 aromatic carbocycles. The van der Waals surface area contributed by atoms with Gasteiger partial charge in [0.15, 0.2) is 0 Å². The molecule has 0 heterocycles. The van der Waals surface area contributed by atoms with Gasteiger partial charge in [-0.05, 0) is 36.5 Å². The van der Waals surface area contributed by atoms with Crippen LogP contribution in [-0.4, -0.2) is 23.7 Å². The van der Waals surface area contributed by atoms with E-state index in [4.69, 9.17) is 5.11 Å². The van der Waals surface area contributed by atoms with E-state index >= 15 is 0 Å². The van der Waals surface area contributed by atoms with Gasteiger partial charge in [-0.1, -0.05) is 26.8 Å². The Bertz CT molecular complexity index is 452. The maximum Gasteiger partial charge on any atom is 0.251 e. The topological polar surface area (TPSA) is 49.3 Å². The second-order valence-electron chi connectivity index (χ2n) is 5.90. The van der Waals surface area contributed by atoms with Crippen molar-refractivity contribution in [1.82, 2.24) is 5.32 Å². The molecular formula is C15H23NO2S. The van der Waals surface area contributed by atoms with Crippen molar-refractivity contribution in [3.8, 4) is 0 Å². The number of thiol groups is 1. The standard InChI is InChI=1S/C15H23NO2S/c1-10-5-6-11(19)9-12(10)14(18)16-13(7-8-17)15(2,3)4/h5-6,9,13,17,19H,7-8H2,1-4H3,(H,16,18).